The van der Waals surface area contributed by atoms with Crippen LogP contribution in [0.25, 0.3) is 0 Å². The maximum atomic E-state index is 10.4. The molecule has 15 heavy (non-hydrogen) atoms. The molecular formula is C14H16O. The minimum absolute atomic E-state index is 0.00236. The van der Waals surface area contributed by atoms with Gasteiger partial charge in [0.25, 0.3) is 0 Å². The maximum Gasteiger partial charge on any atom is 0.0933 e. The Kier molecular flexibility index (Phi) is 2.74. The van der Waals surface area contributed by atoms with Gasteiger partial charge in [0.05, 0.1) is 5.60 Å². The monoisotopic (exact) mass is 200 g/mol. The van der Waals surface area contributed by atoms with Crippen molar-refractivity contribution in [1.82, 2.24) is 0 Å². The molecule has 1 N–H and O–H groups in total. The summed E-state index contributed by atoms with van der Waals surface area (Å²) < 4.78 is 0. The summed E-state index contributed by atoms with van der Waals surface area (Å²) in [7, 11) is 0. The van der Waals surface area contributed by atoms with Crippen LogP contribution in [0.2, 0.25) is 0 Å². The third kappa shape index (κ3) is 1.88. The zero-order valence-corrected chi connectivity index (χ0v) is 8.76. The van der Waals surface area contributed by atoms with Crippen LogP contribution in [0.4, 0.5) is 0 Å². The van der Waals surface area contributed by atoms with Gasteiger partial charge in [-0.2, -0.15) is 0 Å². The van der Waals surface area contributed by atoms with Crippen molar-refractivity contribution >= 4 is 0 Å². The average Bonchev–Trinajstić information content (AvgIpc) is 2.68. The Morgan fingerprint density at radius 3 is 2.60 bits per heavy atom. The summed E-state index contributed by atoms with van der Waals surface area (Å²) in [6, 6.07) is 10.0. The highest BCUT2D eigenvalue weighted by Crippen LogP contribution is 2.37. The molecule has 2 atom stereocenters. The van der Waals surface area contributed by atoms with Gasteiger partial charge in [0, 0.05) is 5.92 Å². The largest absolute Gasteiger partial charge is 0.385 e. The Bertz CT molecular complexity index is 366. The van der Waals surface area contributed by atoms with Gasteiger partial charge in [-0.1, -0.05) is 48.6 Å². The summed E-state index contributed by atoms with van der Waals surface area (Å²) in [5.41, 5.74) is 0.393. The first-order valence-electron chi connectivity index (χ1n) is 5.34. The van der Waals surface area contributed by atoms with Crippen LogP contribution in [-0.2, 0) is 0 Å². The van der Waals surface area contributed by atoms with Crippen LogP contribution in [0.5, 0.6) is 0 Å². The van der Waals surface area contributed by atoms with E-state index in [0.717, 1.165) is 18.4 Å². The van der Waals surface area contributed by atoms with Gasteiger partial charge in [-0.25, -0.2) is 0 Å². The highest BCUT2D eigenvalue weighted by Gasteiger charge is 2.34. The Balaban J connectivity index is 2.32. The van der Waals surface area contributed by atoms with Crippen LogP contribution >= 0.6 is 0 Å². The van der Waals surface area contributed by atoms with Crippen molar-refractivity contribution in [3.05, 3.63) is 60.7 Å². The molecule has 0 saturated heterocycles. The fourth-order valence-corrected chi connectivity index (χ4v) is 2.23. The summed E-state index contributed by atoms with van der Waals surface area (Å²) in [4.78, 5) is 0. The normalized spacial score (nSPS) is 26.5. The van der Waals surface area contributed by atoms with E-state index >= 15 is 0 Å². The highest BCUT2D eigenvalue weighted by molar-refractivity contribution is 5.31. The molecule has 1 aromatic carbocycles. The van der Waals surface area contributed by atoms with E-state index < -0.39 is 5.60 Å². The van der Waals surface area contributed by atoms with Gasteiger partial charge < -0.3 is 5.11 Å². The lowest BCUT2D eigenvalue weighted by Gasteiger charge is -2.29. The zero-order valence-electron chi connectivity index (χ0n) is 8.76. The topological polar surface area (TPSA) is 20.2 Å². The number of hydrogen-bond donors (Lipinski definition) is 1. The molecule has 0 heterocycles. The standard InChI is InChI=1S/C14H16O/c1-2-13(12-8-4-3-5-9-12)14(15)10-6-7-11-14/h2-6,8-10,13,15H,1,7,11H2/t13-,14+/m1/s1. The molecule has 0 spiro atoms. The van der Waals surface area contributed by atoms with E-state index in [4.69, 9.17) is 0 Å². The van der Waals surface area contributed by atoms with Gasteiger partial charge in [-0.15, -0.1) is 6.58 Å². The Morgan fingerprint density at radius 1 is 1.33 bits per heavy atom. The molecule has 1 heteroatoms. The third-order valence-electron chi connectivity index (χ3n) is 3.05. The molecule has 1 nitrogen and oxygen atoms in total. The van der Waals surface area contributed by atoms with E-state index in [1.54, 1.807) is 0 Å². The van der Waals surface area contributed by atoms with Crippen molar-refractivity contribution in [2.24, 2.45) is 0 Å². The molecule has 0 amide bonds. The first-order chi connectivity index (χ1) is 7.26. The summed E-state index contributed by atoms with van der Waals surface area (Å²) in [5.74, 6) is -0.00236. The van der Waals surface area contributed by atoms with Crippen LogP contribution < -0.4 is 0 Å². The summed E-state index contributed by atoms with van der Waals surface area (Å²) >= 11 is 0. The summed E-state index contributed by atoms with van der Waals surface area (Å²) in [6.45, 7) is 3.83. The van der Waals surface area contributed by atoms with E-state index in [-0.39, 0.29) is 5.92 Å². The third-order valence-corrected chi connectivity index (χ3v) is 3.05. The molecule has 78 valence electrons. The number of rotatable bonds is 3. The van der Waals surface area contributed by atoms with Crippen molar-refractivity contribution in [3.63, 3.8) is 0 Å². The molecule has 2 rings (SSSR count). The molecule has 1 aliphatic rings. The molecule has 1 aromatic rings. The number of benzene rings is 1. The Labute approximate surface area is 90.8 Å². The van der Waals surface area contributed by atoms with E-state index in [1.807, 2.05) is 48.6 Å². The molecule has 0 unspecified atom stereocenters. The van der Waals surface area contributed by atoms with Gasteiger partial charge in [0.1, 0.15) is 0 Å². The van der Waals surface area contributed by atoms with E-state index in [1.165, 1.54) is 0 Å². The predicted octanol–water partition coefficient (Wildman–Crippen LogP) is 3.04. The Morgan fingerprint density at radius 2 is 2.07 bits per heavy atom. The van der Waals surface area contributed by atoms with Gasteiger partial charge in [-0.05, 0) is 18.4 Å². The van der Waals surface area contributed by atoms with Crippen LogP contribution in [-0.4, -0.2) is 10.7 Å². The van der Waals surface area contributed by atoms with Gasteiger partial charge in [0.2, 0.25) is 0 Å². The highest BCUT2D eigenvalue weighted by atomic mass is 16.3. The lowest BCUT2D eigenvalue weighted by molar-refractivity contribution is 0.0758. The second kappa shape index (κ2) is 4.03. The van der Waals surface area contributed by atoms with E-state index in [9.17, 15) is 5.11 Å². The van der Waals surface area contributed by atoms with E-state index in [2.05, 4.69) is 6.58 Å². The van der Waals surface area contributed by atoms with Gasteiger partial charge in [-0.3, -0.25) is 0 Å². The second-order valence-electron chi connectivity index (χ2n) is 4.06. The smallest absolute Gasteiger partial charge is 0.0933 e. The van der Waals surface area contributed by atoms with Crippen molar-refractivity contribution in [2.75, 3.05) is 0 Å². The van der Waals surface area contributed by atoms with Crippen LogP contribution in [0.1, 0.15) is 24.3 Å². The first kappa shape index (κ1) is 10.2. The molecule has 1 aliphatic carbocycles. The fraction of sp³-hybridized carbons (Fsp3) is 0.286. The fourth-order valence-electron chi connectivity index (χ4n) is 2.23. The molecule has 0 bridgehead atoms. The second-order valence-corrected chi connectivity index (χ2v) is 4.06. The summed E-state index contributed by atoms with van der Waals surface area (Å²) in [5, 5.41) is 10.4. The van der Waals surface area contributed by atoms with Gasteiger partial charge >= 0.3 is 0 Å². The molecule has 0 fully saturated rings. The van der Waals surface area contributed by atoms with Crippen molar-refractivity contribution < 1.29 is 5.11 Å². The summed E-state index contributed by atoms with van der Waals surface area (Å²) in [6.07, 6.45) is 7.53. The number of allylic oxidation sites excluding steroid dienone is 1. The van der Waals surface area contributed by atoms with Crippen molar-refractivity contribution in [2.45, 2.75) is 24.4 Å². The quantitative estimate of drug-likeness (QED) is 0.743. The number of hydrogen-bond acceptors (Lipinski definition) is 1. The van der Waals surface area contributed by atoms with Gasteiger partial charge in [0.15, 0.2) is 0 Å². The lowest BCUT2D eigenvalue weighted by atomic mass is 9.82. The first-order valence-corrected chi connectivity index (χ1v) is 5.34. The van der Waals surface area contributed by atoms with E-state index in [0.29, 0.717) is 0 Å². The van der Waals surface area contributed by atoms with Crippen molar-refractivity contribution in [1.29, 1.82) is 0 Å². The molecule has 0 aromatic heterocycles. The minimum atomic E-state index is -0.733. The molecule has 0 radical (unpaired) electrons. The minimum Gasteiger partial charge on any atom is -0.385 e. The lowest BCUT2D eigenvalue weighted by Crippen LogP contribution is -2.30. The van der Waals surface area contributed by atoms with Crippen LogP contribution in [0, 0.1) is 0 Å². The van der Waals surface area contributed by atoms with Crippen LogP contribution in [0.15, 0.2) is 55.1 Å². The SMILES string of the molecule is C=C[C@H](c1ccccc1)[C@]1(O)C=CCC1. The predicted molar refractivity (Wildman–Crippen MR) is 62.7 cm³/mol. The number of aliphatic hydroxyl groups is 1. The molecular weight excluding hydrogens is 184 g/mol. The molecule has 0 aliphatic heterocycles. The maximum absolute atomic E-state index is 10.4. The van der Waals surface area contributed by atoms with Crippen LogP contribution in [0.3, 0.4) is 0 Å². The Hall–Kier alpha value is -1.34. The van der Waals surface area contributed by atoms with Crippen molar-refractivity contribution in [3.8, 4) is 0 Å². The molecule has 0 saturated carbocycles. The average molecular weight is 200 g/mol. The zero-order chi connectivity index (χ0) is 10.7.